The van der Waals surface area contributed by atoms with Crippen LogP contribution in [-0.2, 0) is 0 Å². The van der Waals surface area contributed by atoms with Crippen LogP contribution in [0.3, 0.4) is 0 Å². The smallest absolute Gasteiger partial charge is 0.105 e. The molecule has 1 aliphatic carbocycles. The number of hydrogen-bond donors (Lipinski definition) is 0. The molecule has 0 amide bonds. The van der Waals surface area contributed by atoms with Gasteiger partial charge in [0, 0.05) is 0 Å². The summed E-state index contributed by atoms with van der Waals surface area (Å²) in [4.78, 5) is 0. The molecule has 1 rings (SSSR count). The van der Waals surface area contributed by atoms with Crippen molar-refractivity contribution in [3.8, 4) is 0 Å². The normalized spacial score (nSPS) is 33.6. The summed E-state index contributed by atoms with van der Waals surface area (Å²) in [5.74, 6) is 1.64. The lowest BCUT2D eigenvalue weighted by molar-refractivity contribution is 0.254. The highest BCUT2D eigenvalue weighted by Gasteiger charge is 2.12. The number of hydrogen-bond acceptors (Lipinski definition) is 0. The predicted octanol–water partition coefficient (Wildman–Crippen LogP) is 7.37. The van der Waals surface area contributed by atoms with E-state index in [1.54, 1.807) is 0 Å². The Morgan fingerprint density at radius 3 is 1.28 bits per heavy atom. The summed E-state index contributed by atoms with van der Waals surface area (Å²) in [6.45, 7) is 2.31. The Bertz CT molecular complexity index is 272. The third-order valence-electron chi connectivity index (χ3n) is 6.27. The molecule has 4 atom stereocenters. The summed E-state index contributed by atoms with van der Waals surface area (Å²) in [5, 5.41) is 0. The molecule has 1 fully saturated rings. The molecule has 3 heteroatoms. The molecule has 0 aliphatic heterocycles. The van der Waals surface area contributed by atoms with E-state index >= 15 is 0 Å². The minimum atomic E-state index is -0.662. The van der Waals surface area contributed by atoms with Gasteiger partial charge in [-0.25, -0.2) is 8.78 Å². The fourth-order valence-corrected chi connectivity index (χ4v) is 4.30. The molecule has 0 heterocycles. The predicted molar refractivity (Wildman–Crippen MR) is 110 cm³/mol. The van der Waals surface area contributed by atoms with Crippen LogP contribution in [0.1, 0.15) is 116 Å². The van der Waals surface area contributed by atoms with Gasteiger partial charge in [0.2, 0.25) is 0 Å². The van der Waals surface area contributed by atoms with E-state index < -0.39 is 12.3 Å². The van der Waals surface area contributed by atoms with E-state index in [2.05, 4.69) is 14.8 Å². The lowest BCUT2D eigenvalue weighted by Crippen LogP contribution is -2.05. The average Bonchev–Trinajstić information content (AvgIpc) is 2.60. The van der Waals surface area contributed by atoms with Gasteiger partial charge < -0.3 is 0 Å². The van der Waals surface area contributed by atoms with Crippen molar-refractivity contribution in [3.05, 3.63) is 0 Å². The Hall–Kier alpha value is -0.0751. The van der Waals surface area contributed by atoms with Crippen LogP contribution in [0.2, 0.25) is 5.82 Å². The second-order valence-electron chi connectivity index (χ2n) is 8.71. The molecule has 0 bridgehead atoms. The van der Waals surface area contributed by atoms with Crippen molar-refractivity contribution < 1.29 is 8.78 Å². The first-order chi connectivity index (χ1) is 12.1. The maximum atomic E-state index is 13.9. The van der Waals surface area contributed by atoms with Crippen molar-refractivity contribution in [1.29, 1.82) is 0 Å². The zero-order chi connectivity index (χ0) is 18.3. The summed E-state index contributed by atoms with van der Waals surface area (Å²) in [5.41, 5.74) is 0. The van der Waals surface area contributed by atoms with Gasteiger partial charge in [-0.3, -0.25) is 0 Å². The second-order valence-corrected chi connectivity index (χ2v) is 8.71. The Morgan fingerprint density at radius 2 is 0.920 bits per heavy atom. The SMILES string of the molecule is BC1CCCCC(F)CCCCC(F)CCCCC(CC)CCCC1. The fourth-order valence-electron chi connectivity index (χ4n) is 4.30. The highest BCUT2D eigenvalue weighted by atomic mass is 19.1. The molecule has 0 aromatic rings. The van der Waals surface area contributed by atoms with Gasteiger partial charge in [-0.1, -0.05) is 96.2 Å². The first kappa shape index (κ1) is 23.0. The van der Waals surface area contributed by atoms with Crippen LogP contribution in [0, 0.1) is 5.92 Å². The van der Waals surface area contributed by atoms with Gasteiger partial charge in [-0.2, -0.15) is 0 Å². The molecule has 148 valence electrons. The molecule has 0 radical (unpaired) electrons. The Balaban J connectivity index is 2.34. The molecular formula is C22H43BF2. The molecule has 1 saturated carbocycles. The molecule has 0 aromatic carbocycles. The summed E-state index contributed by atoms with van der Waals surface area (Å²) in [6.07, 6.45) is 16.7. The van der Waals surface area contributed by atoms with E-state index in [4.69, 9.17) is 0 Å². The zero-order valence-electron chi connectivity index (χ0n) is 17.1. The molecule has 0 nitrogen and oxygen atoms in total. The molecule has 4 unspecified atom stereocenters. The first-order valence-electron chi connectivity index (χ1n) is 11.4. The van der Waals surface area contributed by atoms with Gasteiger partial charge in [0.1, 0.15) is 20.2 Å². The standard InChI is InChI=1S/C22H43BF2/c1-2-19-11-3-5-13-20(23)14-6-8-16-22(25)18-10-9-17-21(24)15-7-4-12-19/h19-22H,2-18,23H2,1H3. The number of halogens is 2. The lowest BCUT2D eigenvalue weighted by atomic mass is 9.78. The fraction of sp³-hybridized carbons (Fsp3) is 1.00. The lowest BCUT2D eigenvalue weighted by Gasteiger charge is -2.17. The molecule has 1 aliphatic rings. The second kappa shape index (κ2) is 15.0. The molecule has 0 saturated heterocycles. The quantitative estimate of drug-likeness (QED) is 0.430. The number of rotatable bonds is 1. The molecular weight excluding hydrogens is 313 g/mol. The van der Waals surface area contributed by atoms with Gasteiger partial charge in [0.05, 0.1) is 0 Å². The minimum absolute atomic E-state index is 0.639. The highest BCUT2D eigenvalue weighted by Crippen LogP contribution is 2.25. The van der Waals surface area contributed by atoms with Crippen LogP contribution in [0.5, 0.6) is 0 Å². The van der Waals surface area contributed by atoms with Crippen molar-refractivity contribution in [2.45, 2.75) is 134 Å². The summed E-state index contributed by atoms with van der Waals surface area (Å²) < 4.78 is 27.8. The summed E-state index contributed by atoms with van der Waals surface area (Å²) in [6, 6.07) is 0. The van der Waals surface area contributed by atoms with E-state index in [1.165, 1.54) is 57.8 Å². The topological polar surface area (TPSA) is 0 Å². The van der Waals surface area contributed by atoms with Gasteiger partial charge in [0.25, 0.3) is 0 Å². The minimum Gasteiger partial charge on any atom is -0.247 e. The Labute approximate surface area is 157 Å². The summed E-state index contributed by atoms with van der Waals surface area (Å²) >= 11 is 0. The van der Waals surface area contributed by atoms with Crippen LogP contribution in [0.25, 0.3) is 0 Å². The van der Waals surface area contributed by atoms with Crippen molar-refractivity contribution in [2.75, 3.05) is 0 Å². The van der Waals surface area contributed by atoms with Gasteiger partial charge in [-0.05, 0) is 31.6 Å². The van der Waals surface area contributed by atoms with E-state index in [0.717, 1.165) is 37.4 Å². The Kier molecular flexibility index (Phi) is 13.8. The first-order valence-corrected chi connectivity index (χ1v) is 11.4. The van der Waals surface area contributed by atoms with Gasteiger partial charge >= 0.3 is 0 Å². The maximum Gasteiger partial charge on any atom is 0.105 e. The zero-order valence-corrected chi connectivity index (χ0v) is 17.1. The summed E-state index contributed by atoms with van der Waals surface area (Å²) in [7, 11) is 2.36. The van der Waals surface area contributed by atoms with E-state index in [0.29, 0.717) is 25.7 Å². The van der Waals surface area contributed by atoms with Crippen LogP contribution >= 0.6 is 0 Å². The van der Waals surface area contributed by atoms with Crippen LogP contribution < -0.4 is 0 Å². The van der Waals surface area contributed by atoms with Crippen molar-refractivity contribution in [2.24, 2.45) is 5.92 Å². The van der Waals surface area contributed by atoms with Crippen molar-refractivity contribution in [1.82, 2.24) is 0 Å². The molecule has 25 heavy (non-hydrogen) atoms. The maximum absolute atomic E-state index is 13.9. The van der Waals surface area contributed by atoms with E-state index in [9.17, 15) is 8.78 Å². The van der Waals surface area contributed by atoms with Gasteiger partial charge in [-0.15, -0.1) is 0 Å². The van der Waals surface area contributed by atoms with E-state index in [1.807, 2.05) is 0 Å². The van der Waals surface area contributed by atoms with Crippen LogP contribution in [0.15, 0.2) is 0 Å². The Morgan fingerprint density at radius 1 is 0.600 bits per heavy atom. The molecule has 0 aromatic heterocycles. The molecule has 0 N–H and O–H groups in total. The monoisotopic (exact) mass is 356 g/mol. The molecule has 0 spiro atoms. The van der Waals surface area contributed by atoms with Crippen molar-refractivity contribution in [3.63, 3.8) is 0 Å². The number of alkyl halides is 2. The largest absolute Gasteiger partial charge is 0.247 e. The highest BCUT2D eigenvalue weighted by molar-refractivity contribution is 6.11. The van der Waals surface area contributed by atoms with Gasteiger partial charge in [0.15, 0.2) is 0 Å². The third-order valence-corrected chi connectivity index (χ3v) is 6.27. The average molecular weight is 356 g/mol. The third kappa shape index (κ3) is 12.8. The van der Waals surface area contributed by atoms with Crippen molar-refractivity contribution >= 4 is 7.85 Å². The van der Waals surface area contributed by atoms with Crippen LogP contribution in [-0.4, -0.2) is 20.2 Å². The van der Waals surface area contributed by atoms with E-state index in [-0.39, 0.29) is 0 Å². The van der Waals surface area contributed by atoms with Crippen LogP contribution in [0.4, 0.5) is 8.78 Å².